The van der Waals surface area contributed by atoms with E-state index in [1.807, 2.05) is 13.2 Å². The van der Waals surface area contributed by atoms with E-state index in [2.05, 4.69) is 12.0 Å². The third-order valence-electron chi connectivity index (χ3n) is 3.78. The summed E-state index contributed by atoms with van der Waals surface area (Å²) in [6.45, 7) is 2.24. The van der Waals surface area contributed by atoms with Crippen LogP contribution in [0.4, 0.5) is 0 Å². The highest BCUT2D eigenvalue weighted by Gasteiger charge is 2.26. The van der Waals surface area contributed by atoms with Crippen molar-refractivity contribution in [2.75, 3.05) is 0 Å². The van der Waals surface area contributed by atoms with E-state index in [4.69, 9.17) is 0 Å². The molecule has 2 rings (SSSR count). The normalized spacial score (nSPS) is 25.6. The molecule has 0 aliphatic heterocycles. The first-order chi connectivity index (χ1) is 7.70. The van der Waals surface area contributed by atoms with E-state index < -0.39 is 0 Å². The minimum absolute atomic E-state index is 0.243. The summed E-state index contributed by atoms with van der Waals surface area (Å²) in [5.74, 6) is 1.38. The number of hydrogen-bond acceptors (Lipinski definition) is 2. The van der Waals surface area contributed by atoms with Gasteiger partial charge in [0.15, 0.2) is 5.78 Å². The molecule has 0 saturated heterocycles. The van der Waals surface area contributed by atoms with Crippen LogP contribution in [0.2, 0.25) is 0 Å². The molecule has 88 valence electrons. The highest BCUT2D eigenvalue weighted by atomic mass is 16.1. The molecular weight excluding hydrogens is 200 g/mol. The summed E-state index contributed by atoms with van der Waals surface area (Å²) in [6, 6.07) is 0. The van der Waals surface area contributed by atoms with Crippen molar-refractivity contribution in [1.82, 2.24) is 9.78 Å². The van der Waals surface area contributed by atoms with Crippen molar-refractivity contribution in [3.63, 3.8) is 0 Å². The maximum absolute atomic E-state index is 12.2. The Bertz CT molecular complexity index is 362. The Morgan fingerprint density at radius 1 is 1.44 bits per heavy atom. The van der Waals surface area contributed by atoms with Crippen LogP contribution < -0.4 is 0 Å². The molecule has 3 nitrogen and oxygen atoms in total. The Hall–Kier alpha value is -1.12. The predicted octanol–water partition coefficient (Wildman–Crippen LogP) is 2.82. The van der Waals surface area contributed by atoms with Crippen molar-refractivity contribution in [1.29, 1.82) is 0 Å². The second-order valence-corrected chi connectivity index (χ2v) is 4.89. The van der Waals surface area contributed by atoms with Gasteiger partial charge in [-0.1, -0.05) is 13.3 Å². The zero-order chi connectivity index (χ0) is 11.5. The molecule has 1 aromatic rings. The maximum Gasteiger partial charge on any atom is 0.169 e. The van der Waals surface area contributed by atoms with Gasteiger partial charge in [-0.15, -0.1) is 0 Å². The number of rotatable bonds is 3. The van der Waals surface area contributed by atoms with Crippen LogP contribution in [0.25, 0.3) is 0 Å². The number of carbonyl (C=O) groups excluding carboxylic acids is 1. The molecule has 1 aliphatic rings. The zero-order valence-corrected chi connectivity index (χ0v) is 10.1. The lowest BCUT2D eigenvalue weighted by Crippen LogP contribution is -2.21. The molecule has 0 N–H and O–H groups in total. The fourth-order valence-corrected chi connectivity index (χ4v) is 2.62. The molecule has 1 aliphatic carbocycles. The minimum Gasteiger partial charge on any atom is -0.294 e. The Morgan fingerprint density at radius 2 is 2.12 bits per heavy atom. The molecule has 0 bridgehead atoms. The Kier molecular flexibility index (Phi) is 3.42. The summed E-state index contributed by atoms with van der Waals surface area (Å²) in [5.41, 5.74) is 0.780. The van der Waals surface area contributed by atoms with Gasteiger partial charge in [0, 0.05) is 19.2 Å². The molecule has 16 heavy (non-hydrogen) atoms. The second-order valence-electron chi connectivity index (χ2n) is 4.89. The zero-order valence-electron chi connectivity index (χ0n) is 10.1. The van der Waals surface area contributed by atoms with Gasteiger partial charge in [-0.05, 0) is 31.6 Å². The standard InChI is InChI=1S/C13H20N2O/c1-3-10-4-6-11(7-5-10)13(16)12-8-14-15(2)9-12/h8-11H,3-7H2,1-2H3. The number of hydrogen-bond donors (Lipinski definition) is 0. The van der Waals surface area contributed by atoms with Gasteiger partial charge in [0.05, 0.1) is 11.8 Å². The van der Waals surface area contributed by atoms with Crippen LogP contribution in [0.1, 0.15) is 49.4 Å². The highest BCUT2D eigenvalue weighted by molar-refractivity contribution is 5.97. The molecular formula is C13H20N2O. The Balaban J connectivity index is 1.96. The minimum atomic E-state index is 0.243. The lowest BCUT2D eigenvalue weighted by molar-refractivity contribution is 0.0871. The lowest BCUT2D eigenvalue weighted by atomic mass is 9.78. The number of aromatic nitrogens is 2. The molecule has 1 fully saturated rings. The first kappa shape index (κ1) is 11.4. The Morgan fingerprint density at radius 3 is 2.62 bits per heavy atom. The van der Waals surface area contributed by atoms with Crippen molar-refractivity contribution >= 4 is 5.78 Å². The molecule has 3 heteroatoms. The van der Waals surface area contributed by atoms with Gasteiger partial charge in [0.2, 0.25) is 0 Å². The molecule has 0 atom stereocenters. The molecule has 1 heterocycles. The summed E-state index contributed by atoms with van der Waals surface area (Å²) in [7, 11) is 1.85. The van der Waals surface area contributed by atoms with Crippen LogP contribution in [-0.2, 0) is 7.05 Å². The average Bonchev–Trinajstić information content (AvgIpc) is 2.75. The number of aryl methyl sites for hydroxylation is 1. The molecule has 1 saturated carbocycles. The van der Waals surface area contributed by atoms with E-state index in [0.717, 1.165) is 24.3 Å². The van der Waals surface area contributed by atoms with Crippen molar-refractivity contribution in [2.45, 2.75) is 39.0 Å². The van der Waals surface area contributed by atoms with Crippen LogP contribution in [0.3, 0.4) is 0 Å². The van der Waals surface area contributed by atoms with E-state index in [-0.39, 0.29) is 5.92 Å². The van der Waals surface area contributed by atoms with Crippen molar-refractivity contribution in [3.8, 4) is 0 Å². The number of ketones is 1. The summed E-state index contributed by atoms with van der Waals surface area (Å²) in [5, 5.41) is 4.06. The van der Waals surface area contributed by atoms with Crippen molar-refractivity contribution in [2.24, 2.45) is 18.9 Å². The predicted molar refractivity (Wildman–Crippen MR) is 63.3 cm³/mol. The first-order valence-electron chi connectivity index (χ1n) is 6.23. The number of carbonyl (C=O) groups is 1. The fraction of sp³-hybridized carbons (Fsp3) is 0.692. The van der Waals surface area contributed by atoms with Crippen LogP contribution in [0.15, 0.2) is 12.4 Å². The fourth-order valence-electron chi connectivity index (χ4n) is 2.62. The highest BCUT2D eigenvalue weighted by Crippen LogP contribution is 2.32. The number of nitrogens with zero attached hydrogens (tertiary/aromatic N) is 2. The summed E-state index contributed by atoms with van der Waals surface area (Å²) >= 11 is 0. The van der Waals surface area contributed by atoms with E-state index in [1.165, 1.54) is 19.3 Å². The maximum atomic E-state index is 12.2. The molecule has 0 amide bonds. The summed E-state index contributed by atoms with van der Waals surface area (Å²) in [4.78, 5) is 12.2. The van der Waals surface area contributed by atoms with Gasteiger partial charge in [0.1, 0.15) is 0 Å². The second kappa shape index (κ2) is 4.81. The lowest BCUT2D eigenvalue weighted by Gasteiger charge is -2.26. The molecule has 0 spiro atoms. The van der Waals surface area contributed by atoms with Gasteiger partial charge in [-0.3, -0.25) is 9.48 Å². The number of Topliss-reactive ketones (excluding diaryl/α,β-unsaturated/α-hetero) is 1. The van der Waals surface area contributed by atoms with E-state index in [1.54, 1.807) is 10.9 Å². The van der Waals surface area contributed by atoms with Crippen LogP contribution in [-0.4, -0.2) is 15.6 Å². The summed E-state index contributed by atoms with van der Waals surface area (Å²) < 4.78 is 1.70. The van der Waals surface area contributed by atoms with Crippen LogP contribution >= 0.6 is 0 Å². The monoisotopic (exact) mass is 220 g/mol. The average molecular weight is 220 g/mol. The Labute approximate surface area is 96.8 Å². The van der Waals surface area contributed by atoms with E-state index in [0.29, 0.717) is 5.78 Å². The summed E-state index contributed by atoms with van der Waals surface area (Å²) in [6.07, 6.45) is 9.33. The van der Waals surface area contributed by atoms with Crippen LogP contribution in [0.5, 0.6) is 0 Å². The van der Waals surface area contributed by atoms with Crippen LogP contribution in [0, 0.1) is 11.8 Å². The van der Waals surface area contributed by atoms with Gasteiger partial charge >= 0.3 is 0 Å². The van der Waals surface area contributed by atoms with Crippen molar-refractivity contribution < 1.29 is 4.79 Å². The smallest absolute Gasteiger partial charge is 0.169 e. The van der Waals surface area contributed by atoms with Gasteiger partial charge < -0.3 is 0 Å². The van der Waals surface area contributed by atoms with Gasteiger partial charge in [-0.25, -0.2) is 0 Å². The molecule has 0 radical (unpaired) electrons. The molecule has 1 aromatic heterocycles. The SMILES string of the molecule is CCC1CCC(C(=O)c2cnn(C)c2)CC1. The largest absolute Gasteiger partial charge is 0.294 e. The van der Waals surface area contributed by atoms with Gasteiger partial charge in [0.25, 0.3) is 0 Å². The van der Waals surface area contributed by atoms with E-state index in [9.17, 15) is 4.79 Å². The van der Waals surface area contributed by atoms with Crippen molar-refractivity contribution in [3.05, 3.63) is 18.0 Å². The third kappa shape index (κ3) is 2.34. The first-order valence-corrected chi connectivity index (χ1v) is 6.23. The van der Waals surface area contributed by atoms with Gasteiger partial charge in [-0.2, -0.15) is 5.10 Å². The quantitative estimate of drug-likeness (QED) is 0.734. The third-order valence-corrected chi connectivity index (χ3v) is 3.78. The topological polar surface area (TPSA) is 34.9 Å². The molecule has 0 unspecified atom stereocenters. The molecule has 0 aromatic carbocycles. The van der Waals surface area contributed by atoms with E-state index >= 15 is 0 Å².